The molecule has 0 radical (unpaired) electrons. The van der Waals surface area contributed by atoms with E-state index in [9.17, 15) is 5.11 Å². The van der Waals surface area contributed by atoms with Crippen LogP contribution in [0.5, 0.6) is 11.5 Å². The van der Waals surface area contributed by atoms with Gasteiger partial charge in [0.15, 0.2) is 0 Å². The molecule has 0 unspecified atom stereocenters. The van der Waals surface area contributed by atoms with Crippen LogP contribution < -0.4 is 4.74 Å². The fourth-order valence-corrected chi connectivity index (χ4v) is 1.82. The summed E-state index contributed by atoms with van der Waals surface area (Å²) in [6.07, 6.45) is 0. The fraction of sp³-hybridized carbons (Fsp3) is 0.0714. The van der Waals surface area contributed by atoms with E-state index in [1.165, 1.54) is 0 Å². The van der Waals surface area contributed by atoms with Gasteiger partial charge < -0.3 is 9.84 Å². The van der Waals surface area contributed by atoms with Gasteiger partial charge in [-0.15, -0.1) is 0 Å². The largest absolute Gasteiger partial charge is 0.457 e. The van der Waals surface area contributed by atoms with Crippen LogP contribution in [0.25, 0.3) is 0 Å². The second-order valence-corrected chi connectivity index (χ2v) is 4.56. The molecule has 0 aliphatic heterocycles. The first-order valence-electron chi connectivity index (χ1n) is 5.30. The second kappa shape index (κ2) is 5.67. The predicted octanol–water partition coefficient (Wildman–Crippen LogP) is 3.61. The highest BCUT2D eigenvalue weighted by Gasteiger charge is 2.05. The van der Waals surface area contributed by atoms with Crippen molar-refractivity contribution in [3.05, 3.63) is 58.1 Å². The lowest BCUT2D eigenvalue weighted by molar-refractivity contribution is 0.276. The zero-order chi connectivity index (χ0) is 13.0. The normalized spacial score (nSPS) is 9.83. The van der Waals surface area contributed by atoms with Gasteiger partial charge in [0, 0.05) is 10.0 Å². The van der Waals surface area contributed by atoms with Crippen LogP contribution in [0.1, 0.15) is 11.1 Å². The van der Waals surface area contributed by atoms with Crippen LogP contribution in [0.3, 0.4) is 0 Å². The molecule has 0 amide bonds. The SMILES string of the molecule is N#Cc1ccc(Oc2cc(Br)ccc2CO)cc1. The Morgan fingerprint density at radius 3 is 2.50 bits per heavy atom. The zero-order valence-corrected chi connectivity index (χ0v) is 11.0. The maximum absolute atomic E-state index is 9.23. The predicted molar refractivity (Wildman–Crippen MR) is 71.3 cm³/mol. The molecule has 0 saturated heterocycles. The second-order valence-electron chi connectivity index (χ2n) is 3.65. The number of aliphatic hydroxyl groups excluding tert-OH is 1. The van der Waals surface area contributed by atoms with Gasteiger partial charge in [0.1, 0.15) is 11.5 Å². The van der Waals surface area contributed by atoms with Gasteiger partial charge in [0.2, 0.25) is 0 Å². The first-order chi connectivity index (χ1) is 8.72. The topological polar surface area (TPSA) is 53.2 Å². The summed E-state index contributed by atoms with van der Waals surface area (Å²) in [7, 11) is 0. The molecule has 0 saturated carbocycles. The Bertz CT molecular complexity index is 588. The van der Waals surface area contributed by atoms with Crippen molar-refractivity contribution in [3.63, 3.8) is 0 Å². The van der Waals surface area contributed by atoms with Gasteiger partial charge in [0.05, 0.1) is 18.2 Å². The van der Waals surface area contributed by atoms with E-state index in [4.69, 9.17) is 10.00 Å². The smallest absolute Gasteiger partial charge is 0.134 e. The molecule has 0 heterocycles. The van der Waals surface area contributed by atoms with E-state index in [2.05, 4.69) is 15.9 Å². The van der Waals surface area contributed by atoms with Gasteiger partial charge in [-0.2, -0.15) is 5.26 Å². The Kier molecular flexibility index (Phi) is 3.98. The lowest BCUT2D eigenvalue weighted by Crippen LogP contribution is -1.91. The van der Waals surface area contributed by atoms with Crippen LogP contribution in [0, 0.1) is 11.3 Å². The minimum absolute atomic E-state index is 0.0844. The highest BCUT2D eigenvalue weighted by molar-refractivity contribution is 9.10. The summed E-state index contributed by atoms with van der Waals surface area (Å²) >= 11 is 3.36. The van der Waals surface area contributed by atoms with E-state index in [0.29, 0.717) is 22.6 Å². The number of rotatable bonds is 3. The maximum atomic E-state index is 9.23. The van der Waals surface area contributed by atoms with Gasteiger partial charge in [-0.25, -0.2) is 0 Å². The molecule has 3 nitrogen and oxygen atoms in total. The molecule has 2 aromatic rings. The number of nitrogens with zero attached hydrogens (tertiary/aromatic N) is 1. The van der Waals surface area contributed by atoms with Gasteiger partial charge in [-0.1, -0.05) is 22.0 Å². The van der Waals surface area contributed by atoms with E-state index in [0.717, 1.165) is 4.47 Å². The average molecular weight is 304 g/mol. The van der Waals surface area contributed by atoms with Crippen molar-refractivity contribution in [2.24, 2.45) is 0 Å². The third kappa shape index (κ3) is 2.89. The zero-order valence-electron chi connectivity index (χ0n) is 9.43. The molecule has 0 atom stereocenters. The summed E-state index contributed by atoms with van der Waals surface area (Å²) in [4.78, 5) is 0. The van der Waals surface area contributed by atoms with Gasteiger partial charge >= 0.3 is 0 Å². The molecule has 18 heavy (non-hydrogen) atoms. The van der Waals surface area contributed by atoms with E-state index < -0.39 is 0 Å². The Hall–Kier alpha value is -1.83. The Labute approximate surface area is 113 Å². The third-order valence-electron chi connectivity index (χ3n) is 2.41. The van der Waals surface area contributed by atoms with Crippen LogP contribution in [0.15, 0.2) is 46.9 Å². The molecule has 0 fully saturated rings. The van der Waals surface area contributed by atoms with Crippen LogP contribution in [0.2, 0.25) is 0 Å². The number of hydrogen-bond acceptors (Lipinski definition) is 3. The third-order valence-corrected chi connectivity index (χ3v) is 2.90. The monoisotopic (exact) mass is 303 g/mol. The Balaban J connectivity index is 2.27. The molecule has 2 aromatic carbocycles. The molecule has 0 spiro atoms. The fourth-order valence-electron chi connectivity index (χ4n) is 1.48. The summed E-state index contributed by atoms with van der Waals surface area (Å²) in [5, 5.41) is 17.9. The number of ether oxygens (including phenoxy) is 1. The van der Waals surface area contributed by atoms with E-state index in [1.54, 1.807) is 36.4 Å². The summed E-state index contributed by atoms with van der Waals surface area (Å²) in [5.74, 6) is 1.22. The Morgan fingerprint density at radius 2 is 1.89 bits per heavy atom. The summed E-state index contributed by atoms with van der Waals surface area (Å²) in [6, 6.07) is 14.3. The standard InChI is InChI=1S/C14H10BrNO2/c15-12-4-3-11(9-17)14(7-12)18-13-5-1-10(8-16)2-6-13/h1-7,17H,9H2. The van der Waals surface area contributed by atoms with Crippen molar-refractivity contribution < 1.29 is 9.84 Å². The van der Waals surface area contributed by atoms with E-state index >= 15 is 0 Å². The highest BCUT2D eigenvalue weighted by atomic mass is 79.9. The summed E-state index contributed by atoms with van der Waals surface area (Å²) in [5.41, 5.74) is 1.29. The molecule has 90 valence electrons. The van der Waals surface area contributed by atoms with Gasteiger partial charge in [-0.3, -0.25) is 0 Å². The minimum atomic E-state index is -0.0844. The Morgan fingerprint density at radius 1 is 1.17 bits per heavy atom. The van der Waals surface area contributed by atoms with Crippen LogP contribution in [-0.4, -0.2) is 5.11 Å². The number of nitriles is 1. The molecule has 2 rings (SSSR count). The molecule has 0 aliphatic carbocycles. The quantitative estimate of drug-likeness (QED) is 0.942. The van der Waals surface area contributed by atoms with Crippen molar-refractivity contribution in [3.8, 4) is 17.6 Å². The minimum Gasteiger partial charge on any atom is -0.457 e. The molecular weight excluding hydrogens is 294 g/mol. The summed E-state index contributed by atoms with van der Waals surface area (Å²) < 4.78 is 6.56. The number of benzene rings is 2. The molecule has 1 N–H and O–H groups in total. The molecule has 0 aromatic heterocycles. The molecule has 0 aliphatic rings. The molecular formula is C14H10BrNO2. The number of halogens is 1. The van der Waals surface area contributed by atoms with Crippen molar-refractivity contribution in [2.75, 3.05) is 0 Å². The van der Waals surface area contributed by atoms with Gasteiger partial charge in [-0.05, 0) is 36.4 Å². The van der Waals surface area contributed by atoms with Crippen LogP contribution in [0.4, 0.5) is 0 Å². The van der Waals surface area contributed by atoms with Crippen molar-refractivity contribution >= 4 is 15.9 Å². The maximum Gasteiger partial charge on any atom is 0.134 e. The lowest BCUT2D eigenvalue weighted by Gasteiger charge is -2.10. The van der Waals surface area contributed by atoms with Crippen LogP contribution >= 0.6 is 15.9 Å². The molecule has 4 heteroatoms. The first-order valence-corrected chi connectivity index (χ1v) is 6.09. The lowest BCUT2D eigenvalue weighted by atomic mass is 10.2. The summed E-state index contributed by atoms with van der Waals surface area (Å²) in [6.45, 7) is -0.0844. The highest BCUT2D eigenvalue weighted by Crippen LogP contribution is 2.28. The number of aliphatic hydroxyl groups is 1. The average Bonchev–Trinajstić information content (AvgIpc) is 2.40. The van der Waals surface area contributed by atoms with E-state index in [-0.39, 0.29) is 6.61 Å². The molecule has 0 bridgehead atoms. The van der Waals surface area contributed by atoms with Crippen molar-refractivity contribution in [1.29, 1.82) is 5.26 Å². The van der Waals surface area contributed by atoms with Gasteiger partial charge in [0.25, 0.3) is 0 Å². The van der Waals surface area contributed by atoms with Crippen LogP contribution in [-0.2, 0) is 6.61 Å². The first kappa shape index (κ1) is 12.6. The van der Waals surface area contributed by atoms with E-state index in [1.807, 2.05) is 12.1 Å². The van der Waals surface area contributed by atoms with Crippen molar-refractivity contribution in [1.82, 2.24) is 0 Å². The number of hydrogen-bond donors (Lipinski definition) is 1. The van der Waals surface area contributed by atoms with Crippen molar-refractivity contribution in [2.45, 2.75) is 6.61 Å².